The maximum Gasteiger partial charge on any atom is 0.220 e. The minimum absolute atomic E-state index is 0.0713. The lowest BCUT2D eigenvalue weighted by Crippen LogP contribution is -2.27. The van der Waals surface area contributed by atoms with Crippen molar-refractivity contribution in [1.29, 1.82) is 0 Å². The van der Waals surface area contributed by atoms with E-state index in [9.17, 15) is 4.79 Å². The van der Waals surface area contributed by atoms with Crippen LogP contribution in [0.15, 0.2) is 12.7 Å². The summed E-state index contributed by atoms with van der Waals surface area (Å²) in [5.41, 5.74) is 0. The Balaban J connectivity index is 3.35. The van der Waals surface area contributed by atoms with Gasteiger partial charge in [-0.05, 0) is 6.42 Å². The standard InChI is InChI=1S/C9H17NO3/c1-3-8(11)4-5-9(12)10-6-7-13-2/h3,8,11H,1,4-7H2,2H3,(H,10,12). The van der Waals surface area contributed by atoms with Crippen molar-refractivity contribution in [3.63, 3.8) is 0 Å². The third-order valence-corrected chi connectivity index (χ3v) is 1.57. The van der Waals surface area contributed by atoms with Crippen LogP contribution in [-0.2, 0) is 9.53 Å². The van der Waals surface area contributed by atoms with Crippen LogP contribution < -0.4 is 5.32 Å². The molecule has 0 bridgehead atoms. The van der Waals surface area contributed by atoms with Crippen molar-refractivity contribution in [2.24, 2.45) is 0 Å². The third-order valence-electron chi connectivity index (χ3n) is 1.57. The molecule has 4 nitrogen and oxygen atoms in total. The summed E-state index contributed by atoms with van der Waals surface area (Å²) in [4.78, 5) is 11.0. The second-order valence-electron chi connectivity index (χ2n) is 2.68. The average Bonchev–Trinajstić information content (AvgIpc) is 2.14. The van der Waals surface area contributed by atoms with Gasteiger partial charge in [0.05, 0.1) is 12.7 Å². The van der Waals surface area contributed by atoms with E-state index in [1.165, 1.54) is 6.08 Å². The highest BCUT2D eigenvalue weighted by Gasteiger charge is 2.03. The van der Waals surface area contributed by atoms with Gasteiger partial charge in [-0.2, -0.15) is 0 Å². The summed E-state index contributed by atoms with van der Waals surface area (Å²) in [5.74, 6) is -0.0713. The molecule has 0 aromatic carbocycles. The van der Waals surface area contributed by atoms with Gasteiger partial charge in [0.15, 0.2) is 0 Å². The Hall–Kier alpha value is -0.870. The maximum absolute atomic E-state index is 11.0. The number of carbonyl (C=O) groups excluding carboxylic acids is 1. The molecule has 76 valence electrons. The number of aliphatic hydroxyl groups is 1. The molecular weight excluding hydrogens is 170 g/mol. The molecule has 4 heteroatoms. The van der Waals surface area contributed by atoms with Crippen LogP contribution in [0.1, 0.15) is 12.8 Å². The molecule has 0 aliphatic rings. The average molecular weight is 187 g/mol. The Labute approximate surface area is 78.6 Å². The van der Waals surface area contributed by atoms with E-state index in [2.05, 4.69) is 11.9 Å². The van der Waals surface area contributed by atoms with E-state index in [0.29, 0.717) is 26.0 Å². The zero-order valence-corrected chi connectivity index (χ0v) is 7.95. The topological polar surface area (TPSA) is 58.6 Å². The highest BCUT2D eigenvalue weighted by molar-refractivity contribution is 5.75. The Kier molecular flexibility index (Phi) is 7.24. The molecule has 0 aromatic rings. The molecule has 1 amide bonds. The fourth-order valence-electron chi connectivity index (χ4n) is 0.778. The molecule has 0 heterocycles. The van der Waals surface area contributed by atoms with E-state index in [1.807, 2.05) is 0 Å². The second kappa shape index (κ2) is 7.76. The maximum atomic E-state index is 11.0. The first-order chi connectivity index (χ1) is 6.20. The van der Waals surface area contributed by atoms with Crippen molar-refractivity contribution >= 4 is 5.91 Å². The quantitative estimate of drug-likeness (QED) is 0.438. The van der Waals surface area contributed by atoms with Crippen LogP contribution in [0.3, 0.4) is 0 Å². The van der Waals surface area contributed by atoms with Gasteiger partial charge in [0, 0.05) is 20.1 Å². The first kappa shape index (κ1) is 12.1. The van der Waals surface area contributed by atoms with Crippen LogP contribution in [0.5, 0.6) is 0 Å². The summed E-state index contributed by atoms with van der Waals surface area (Å²) >= 11 is 0. The van der Waals surface area contributed by atoms with Gasteiger partial charge < -0.3 is 15.2 Å². The molecular formula is C9H17NO3. The van der Waals surface area contributed by atoms with Gasteiger partial charge in [-0.15, -0.1) is 6.58 Å². The lowest BCUT2D eigenvalue weighted by Gasteiger charge is -2.05. The molecule has 2 N–H and O–H groups in total. The van der Waals surface area contributed by atoms with E-state index in [1.54, 1.807) is 7.11 Å². The number of hydrogen-bond donors (Lipinski definition) is 2. The fraction of sp³-hybridized carbons (Fsp3) is 0.667. The summed E-state index contributed by atoms with van der Waals surface area (Å²) in [5, 5.41) is 11.7. The van der Waals surface area contributed by atoms with Crippen molar-refractivity contribution < 1.29 is 14.6 Å². The van der Waals surface area contributed by atoms with Gasteiger partial charge >= 0.3 is 0 Å². The Bertz CT molecular complexity index is 159. The highest BCUT2D eigenvalue weighted by Crippen LogP contribution is 1.96. The van der Waals surface area contributed by atoms with E-state index in [-0.39, 0.29) is 5.91 Å². The number of carbonyl (C=O) groups is 1. The number of aliphatic hydroxyl groups excluding tert-OH is 1. The van der Waals surface area contributed by atoms with Gasteiger partial charge in [0.2, 0.25) is 5.91 Å². The van der Waals surface area contributed by atoms with Crippen LogP contribution in [-0.4, -0.2) is 37.4 Å². The molecule has 1 unspecified atom stereocenters. The monoisotopic (exact) mass is 187 g/mol. The third kappa shape index (κ3) is 7.49. The van der Waals surface area contributed by atoms with Crippen LogP contribution in [0, 0.1) is 0 Å². The molecule has 0 saturated carbocycles. The van der Waals surface area contributed by atoms with Gasteiger partial charge in [0.1, 0.15) is 0 Å². The molecule has 13 heavy (non-hydrogen) atoms. The molecule has 0 aliphatic heterocycles. The molecule has 0 saturated heterocycles. The summed E-state index contributed by atoms with van der Waals surface area (Å²) in [6.07, 6.45) is 1.56. The van der Waals surface area contributed by atoms with Gasteiger partial charge in [-0.1, -0.05) is 6.08 Å². The molecule has 0 fully saturated rings. The lowest BCUT2D eigenvalue weighted by atomic mass is 10.2. The minimum Gasteiger partial charge on any atom is -0.389 e. The Morgan fingerprint density at radius 2 is 2.46 bits per heavy atom. The first-order valence-electron chi connectivity index (χ1n) is 4.27. The first-order valence-corrected chi connectivity index (χ1v) is 4.27. The predicted octanol–water partition coefficient (Wildman–Crippen LogP) is 0.0761. The van der Waals surface area contributed by atoms with Crippen LogP contribution in [0.4, 0.5) is 0 Å². The molecule has 0 aliphatic carbocycles. The van der Waals surface area contributed by atoms with Crippen molar-refractivity contribution in [3.05, 3.63) is 12.7 Å². The minimum atomic E-state index is -0.590. The molecule has 0 radical (unpaired) electrons. The van der Waals surface area contributed by atoms with E-state index in [0.717, 1.165) is 0 Å². The smallest absolute Gasteiger partial charge is 0.220 e. The zero-order valence-electron chi connectivity index (χ0n) is 7.95. The van der Waals surface area contributed by atoms with Crippen molar-refractivity contribution in [2.75, 3.05) is 20.3 Å². The summed E-state index contributed by atoms with van der Waals surface area (Å²) in [7, 11) is 1.58. The summed E-state index contributed by atoms with van der Waals surface area (Å²) in [6.45, 7) is 4.44. The van der Waals surface area contributed by atoms with Crippen LogP contribution in [0.25, 0.3) is 0 Å². The van der Waals surface area contributed by atoms with Gasteiger partial charge in [0.25, 0.3) is 0 Å². The SMILES string of the molecule is C=CC(O)CCC(=O)NCCOC. The Morgan fingerprint density at radius 1 is 1.77 bits per heavy atom. The fourth-order valence-corrected chi connectivity index (χ4v) is 0.778. The molecule has 1 atom stereocenters. The van der Waals surface area contributed by atoms with Crippen molar-refractivity contribution in [3.8, 4) is 0 Å². The second-order valence-corrected chi connectivity index (χ2v) is 2.68. The van der Waals surface area contributed by atoms with Gasteiger partial charge in [-0.25, -0.2) is 0 Å². The lowest BCUT2D eigenvalue weighted by molar-refractivity contribution is -0.121. The number of hydrogen-bond acceptors (Lipinski definition) is 3. The van der Waals surface area contributed by atoms with E-state index < -0.39 is 6.10 Å². The normalized spacial score (nSPS) is 12.2. The zero-order chi connectivity index (χ0) is 10.1. The molecule has 0 aromatic heterocycles. The number of ether oxygens (including phenoxy) is 1. The molecule has 0 rings (SSSR count). The highest BCUT2D eigenvalue weighted by atomic mass is 16.5. The molecule has 0 spiro atoms. The summed E-state index contributed by atoms with van der Waals surface area (Å²) < 4.78 is 4.76. The van der Waals surface area contributed by atoms with Crippen LogP contribution in [0.2, 0.25) is 0 Å². The van der Waals surface area contributed by atoms with Crippen molar-refractivity contribution in [2.45, 2.75) is 18.9 Å². The summed E-state index contributed by atoms with van der Waals surface area (Å²) in [6, 6.07) is 0. The predicted molar refractivity (Wildman–Crippen MR) is 50.3 cm³/mol. The number of rotatable bonds is 7. The largest absolute Gasteiger partial charge is 0.389 e. The van der Waals surface area contributed by atoms with E-state index >= 15 is 0 Å². The van der Waals surface area contributed by atoms with E-state index in [4.69, 9.17) is 9.84 Å². The number of methoxy groups -OCH3 is 1. The van der Waals surface area contributed by atoms with Crippen LogP contribution >= 0.6 is 0 Å². The number of amides is 1. The number of nitrogens with one attached hydrogen (secondary N) is 1. The Morgan fingerprint density at radius 3 is 3.00 bits per heavy atom. The van der Waals surface area contributed by atoms with Gasteiger partial charge in [-0.3, -0.25) is 4.79 Å². The van der Waals surface area contributed by atoms with Crippen molar-refractivity contribution in [1.82, 2.24) is 5.32 Å².